The van der Waals surface area contributed by atoms with Gasteiger partial charge in [0.15, 0.2) is 0 Å². The van der Waals surface area contributed by atoms with E-state index in [4.69, 9.17) is 0 Å². The predicted molar refractivity (Wildman–Crippen MR) is 138 cm³/mol. The third kappa shape index (κ3) is 6.18. The molecule has 7 nitrogen and oxygen atoms in total. The molecular weight excluding hydrogens is 440 g/mol. The Labute approximate surface area is 210 Å². The normalized spacial score (nSPS) is 25.7. The molecule has 1 aliphatic heterocycles. The molecule has 0 spiro atoms. The highest BCUT2D eigenvalue weighted by Crippen LogP contribution is 2.37. The van der Waals surface area contributed by atoms with Crippen molar-refractivity contribution in [3.8, 4) is 0 Å². The second kappa shape index (κ2) is 11.3. The number of aliphatic hydroxyl groups is 1. The van der Waals surface area contributed by atoms with E-state index in [0.717, 1.165) is 51.5 Å². The molecule has 1 heterocycles. The van der Waals surface area contributed by atoms with Crippen LogP contribution in [0.15, 0.2) is 30.3 Å². The van der Waals surface area contributed by atoms with Gasteiger partial charge in [0, 0.05) is 31.7 Å². The maximum absolute atomic E-state index is 13.7. The van der Waals surface area contributed by atoms with Gasteiger partial charge >= 0.3 is 6.03 Å². The van der Waals surface area contributed by atoms with Crippen LogP contribution in [0.1, 0.15) is 69.8 Å². The highest BCUT2D eigenvalue weighted by molar-refractivity contribution is 5.84. The van der Waals surface area contributed by atoms with Crippen molar-refractivity contribution in [1.29, 1.82) is 0 Å². The van der Waals surface area contributed by atoms with E-state index in [1.807, 2.05) is 4.90 Å². The topological polar surface area (TPSA) is 76.1 Å². The van der Waals surface area contributed by atoms with E-state index in [9.17, 15) is 14.7 Å². The van der Waals surface area contributed by atoms with E-state index in [2.05, 4.69) is 54.6 Å². The Kier molecular flexibility index (Phi) is 8.38. The Balaban J connectivity index is 1.49. The zero-order valence-electron chi connectivity index (χ0n) is 21.7. The van der Waals surface area contributed by atoms with Gasteiger partial charge in [-0.2, -0.15) is 0 Å². The maximum atomic E-state index is 13.7. The molecule has 7 heteroatoms. The first-order chi connectivity index (χ1) is 16.8. The molecule has 0 radical (unpaired) electrons. The largest absolute Gasteiger partial charge is 0.388 e. The van der Waals surface area contributed by atoms with E-state index in [-0.39, 0.29) is 30.6 Å². The second-order valence-corrected chi connectivity index (χ2v) is 11.3. The van der Waals surface area contributed by atoms with Gasteiger partial charge in [-0.05, 0) is 70.5 Å². The second-order valence-electron chi connectivity index (χ2n) is 11.3. The van der Waals surface area contributed by atoms with Gasteiger partial charge in [-0.15, -0.1) is 0 Å². The highest BCUT2D eigenvalue weighted by atomic mass is 16.3. The first kappa shape index (κ1) is 26.0. The van der Waals surface area contributed by atoms with Crippen LogP contribution < -0.4 is 5.32 Å². The Morgan fingerprint density at radius 3 is 2.34 bits per heavy atom. The van der Waals surface area contributed by atoms with Crippen molar-refractivity contribution in [1.82, 2.24) is 20.0 Å². The summed E-state index contributed by atoms with van der Waals surface area (Å²) in [6.07, 6.45) is 9.70. The average molecular weight is 485 g/mol. The molecule has 0 aromatic heterocycles. The minimum atomic E-state index is -0.787. The average Bonchev–Trinajstić information content (AvgIpc) is 3.27. The molecular formula is C28H44N4O3. The van der Waals surface area contributed by atoms with E-state index in [1.54, 1.807) is 4.90 Å². The highest BCUT2D eigenvalue weighted by Gasteiger charge is 2.38. The monoisotopic (exact) mass is 484 g/mol. The van der Waals surface area contributed by atoms with Crippen LogP contribution in [0.2, 0.25) is 0 Å². The van der Waals surface area contributed by atoms with Gasteiger partial charge in [-0.3, -0.25) is 9.69 Å². The fourth-order valence-electron chi connectivity index (χ4n) is 6.15. The minimum absolute atomic E-state index is 0.0192. The lowest BCUT2D eigenvalue weighted by Crippen LogP contribution is -2.51. The number of amides is 3. The number of nitrogens with zero attached hydrogens (tertiary/aromatic N) is 3. The number of hydrogen-bond acceptors (Lipinski definition) is 4. The maximum Gasteiger partial charge on any atom is 0.320 e. The quantitative estimate of drug-likeness (QED) is 0.592. The van der Waals surface area contributed by atoms with Crippen molar-refractivity contribution in [2.45, 2.75) is 75.3 Å². The molecule has 0 bridgehead atoms. The molecule has 1 aromatic rings. The summed E-state index contributed by atoms with van der Waals surface area (Å²) in [7, 11) is 4.28. The summed E-state index contributed by atoms with van der Waals surface area (Å²) in [6, 6.07) is 10.6. The predicted octanol–water partition coefficient (Wildman–Crippen LogP) is 3.57. The smallest absolute Gasteiger partial charge is 0.320 e. The van der Waals surface area contributed by atoms with E-state index >= 15 is 0 Å². The zero-order chi connectivity index (χ0) is 24.9. The molecule has 1 saturated heterocycles. The van der Waals surface area contributed by atoms with Gasteiger partial charge in [0.1, 0.15) is 6.54 Å². The summed E-state index contributed by atoms with van der Waals surface area (Å²) in [4.78, 5) is 32.6. The molecule has 1 aromatic carbocycles. The molecule has 0 unspecified atom stereocenters. The Morgan fingerprint density at radius 1 is 1.00 bits per heavy atom. The van der Waals surface area contributed by atoms with Crippen LogP contribution in [0.3, 0.4) is 0 Å². The number of benzene rings is 1. The third-order valence-electron chi connectivity index (χ3n) is 8.71. The van der Waals surface area contributed by atoms with Crippen LogP contribution in [0.5, 0.6) is 0 Å². The summed E-state index contributed by atoms with van der Waals surface area (Å²) in [6.45, 7) is 2.34. The number of nitrogens with one attached hydrogen (secondary N) is 1. The Morgan fingerprint density at radius 2 is 1.71 bits per heavy atom. The minimum Gasteiger partial charge on any atom is -0.388 e. The molecule has 2 aliphatic carbocycles. The van der Waals surface area contributed by atoms with Gasteiger partial charge in [0.25, 0.3) is 0 Å². The van der Waals surface area contributed by atoms with Crippen molar-refractivity contribution in [2.24, 2.45) is 5.92 Å². The summed E-state index contributed by atoms with van der Waals surface area (Å²) in [5, 5.41) is 13.5. The lowest BCUT2D eigenvalue weighted by molar-refractivity contribution is -0.123. The Hall–Kier alpha value is -2.12. The number of carbonyl (C=O) groups excluding carboxylic acids is 2. The first-order valence-electron chi connectivity index (χ1n) is 13.6. The molecule has 3 amide bonds. The SMILES string of the molecule is CN(C)[C@@]1(c2ccccc2)CCCN(CC(=O)NCC2(O)CCCC2)C(=O)N(CC2CCC2)CC1. The van der Waals surface area contributed by atoms with E-state index < -0.39 is 5.60 Å². The molecule has 3 aliphatic rings. The van der Waals surface area contributed by atoms with Gasteiger partial charge in [-0.25, -0.2) is 4.79 Å². The number of hydrogen-bond donors (Lipinski definition) is 2. The van der Waals surface area contributed by atoms with Crippen LogP contribution in [0, 0.1) is 5.92 Å². The lowest BCUT2D eigenvalue weighted by Gasteiger charge is -2.42. The van der Waals surface area contributed by atoms with Crippen molar-refractivity contribution in [3.05, 3.63) is 35.9 Å². The first-order valence-corrected chi connectivity index (χ1v) is 13.6. The number of rotatable bonds is 8. The van der Waals surface area contributed by atoms with Crippen molar-refractivity contribution < 1.29 is 14.7 Å². The van der Waals surface area contributed by atoms with Crippen LogP contribution in [0.4, 0.5) is 4.79 Å². The van der Waals surface area contributed by atoms with Gasteiger partial charge < -0.3 is 20.2 Å². The summed E-state index contributed by atoms with van der Waals surface area (Å²) in [5.41, 5.74) is 0.353. The fraction of sp³-hybridized carbons (Fsp3) is 0.714. The molecule has 3 fully saturated rings. The van der Waals surface area contributed by atoms with Crippen LogP contribution >= 0.6 is 0 Å². The van der Waals surface area contributed by atoms with E-state index in [0.29, 0.717) is 19.0 Å². The number of carbonyl (C=O) groups is 2. The lowest BCUT2D eigenvalue weighted by atomic mass is 9.80. The Bertz CT molecular complexity index is 851. The van der Waals surface area contributed by atoms with Gasteiger partial charge in [0.2, 0.25) is 5.91 Å². The zero-order valence-corrected chi connectivity index (χ0v) is 21.7. The summed E-state index contributed by atoms with van der Waals surface area (Å²) >= 11 is 0. The standard InChI is InChI=1S/C28H44N4O3/c1-30(2)28(24-12-4-3-5-13-24)16-9-18-31(21-25(33)29-22-27(35)14-6-7-15-27)26(34)32(19-17-28)20-23-10-8-11-23/h3-5,12-13,23,35H,6-11,14-22H2,1-2H3,(H,29,33)/t28-/m0/s1. The molecule has 194 valence electrons. The van der Waals surface area contributed by atoms with Crippen molar-refractivity contribution in [3.63, 3.8) is 0 Å². The van der Waals surface area contributed by atoms with Crippen molar-refractivity contribution >= 4 is 11.9 Å². The molecule has 2 saturated carbocycles. The third-order valence-corrected chi connectivity index (χ3v) is 8.71. The summed E-state index contributed by atoms with van der Waals surface area (Å²) < 4.78 is 0. The number of urea groups is 1. The summed E-state index contributed by atoms with van der Waals surface area (Å²) in [5.74, 6) is 0.390. The van der Waals surface area contributed by atoms with Crippen molar-refractivity contribution in [2.75, 3.05) is 46.8 Å². The van der Waals surface area contributed by atoms with Crippen LogP contribution in [0.25, 0.3) is 0 Å². The van der Waals surface area contributed by atoms with E-state index in [1.165, 1.54) is 24.8 Å². The van der Waals surface area contributed by atoms with Crippen LogP contribution in [-0.4, -0.2) is 84.2 Å². The van der Waals surface area contributed by atoms with Gasteiger partial charge in [0.05, 0.1) is 5.60 Å². The van der Waals surface area contributed by atoms with Gasteiger partial charge in [-0.1, -0.05) is 49.6 Å². The molecule has 2 N–H and O–H groups in total. The molecule has 4 rings (SSSR count). The molecule has 1 atom stereocenters. The molecule has 35 heavy (non-hydrogen) atoms. The fourth-order valence-corrected chi connectivity index (χ4v) is 6.15. The van der Waals surface area contributed by atoms with Crippen LogP contribution in [-0.2, 0) is 10.3 Å².